The van der Waals surface area contributed by atoms with Gasteiger partial charge < -0.3 is 10.9 Å². The summed E-state index contributed by atoms with van der Waals surface area (Å²) in [5, 5.41) is 15.0. The molecule has 0 amide bonds. The van der Waals surface area contributed by atoms with E-state index in [0.29, 0.717) is 5.56 Å². The smallest absolute Gasteiger partial charge is 0.409 e. The molecule has 0 spiro atoms. The highest BCUT2D eigenvalue weighted by atomic mass is 19.4. The Morgan fingerprint density at radius 1 is 1.40 bits per heavy atom. The van der Waals surface area contributed by atoms with Crippen molar-refractivity contribution in [1.29, 1.82) is 0 Å². The number of aryl methyl sites for hydroxylation is 1. The highest BCUT2D eigenvalue weighted by molar-refractivity contribution is 6.01. The molecule has 0 radical (unpaired) electrons. The van der Waals surface area contributed by atoms with Crippen molar-refractivity contribution in [2.24, 2.45) is 10.9 Å². The first-order valence-electron chi connectivity index (χ1n) is 5.41. The van der Waals surface area contributed by atoms with E-state index in [0.717, 1.165) is 16.9 Å². The van der Waals surface area contributed by atoms with Crippen molar-refractivity contribution in [2.75, 3.05) is 0 Å². The lowest BCUT2D eigenvalue weighted by Gasteiger charge is -2.10. The molecule has 0 unspecified atom stereocenters. The maximum atomic E-state index is 12.5. The van der Waals surface area contributed by atoms with E-state index in [2.05, 4.69) is 15.2 Å². The number of halogens is 3. The minimum Gasteiger partial charge on any atom is -0.409 e. The SMILES string of the molecule is Cc1ccnc(-n2ccc(C(F)(F)F)n2)c1/C(N)=N/O. The third-order valence-electron chi connectivity index (χ3n) is 2.60. The molecule has 3 N–H and O–H groups in total. The van der Waals surface area contributed by atoms with Gasteiger partial charge in [0.1, 0.15) is 0 Å². The van der Waals surface area contributed by atoms with Crippen molar-refractivity contribution >= 4 is 5.84 Å². The van der Waals surface area contributed by atoms with Crippen LogP contribution in [0.15, 0.2) is 29.7 Å². The fraction of sp³-hybridized carbons (Fsp3) is 0.182. The summed E-state index contributed by atoms with van der Waals surface area (Å²) in [6.45, 7) is 1.66. The maximum Gasteiger partial charge on any atom is 0.435 e. The van der Waals surface area contributed by atoms with Crippen LogP contribution >= 0.6 is 0 Å². The van der Waals surface area contributed by atoms with Gasteiger partial charge in [0.05, 0.1) is 5.56 Å². The van der Waals surface area contributed by atoms with Gasteiger partial charge in [-0.1, -0.05) is 5.16 Å². The molecule has 20 heavy (non-hydrogen) atoms. The van der Waals surface area contributed by atoms with Crippen LogP contribution in [0.4, 0.5) is 13.2 Å². The van der Waals surface area contributed by atoms with Gasteiger partial charge in [0.2, 0.25) is 0 Å². The molecule has 0 aliphatic heterocycles. The van der Waals surface area contributed by atoms with E-state index in [1.807, 2.05) is 0 Å². The predicted octanol–water partition coefficient (Wildman–Crippen LogP) is 1.69. The van der Waals surface area contributed by atoms with Crippen molar-refractivity contribution in [1.82, 2.24) is 14.8 Å². The Bertz CT molecular complexity index is 662. The zero-order valence-corrected chi connectivity index (χ0v) is 10.3. The van der Waals surface area contributed by atoms with Crippen molar-refractivity contribution < 1.29 is 18.4 Å². The van der Waals surface area contributed by atoms with Gasteiger partial charge in [-0.25, -0.2) is 9.67 Å². The highest BCUT2D eigenvalue weighted by Crippen LogP contribution is 2.28. The van der Waals surface area contributed by atoms with Crippen molar-refractivity contribution in [3.63, 3.8) is 0 Å². The zero-order valence-electron chi connectivity index (χ0n) is 10.3. The number of oxime groups is 1. The van der Waals surface area contributed by atoms with Crippen molar-refractivity contribution in [2.45, 2.75) is 13.1 Å². The van der Waals surface area contributed by atoms with Crippen LogP contribution in [0.2, 0.25) is 0 Å². The lowest BCUT2D eigenvalue weighted by Crippen LogP contribution is -2.19. The Labute approximate surface area is 111 Å². The molecule has 0 aromatic carbocycles. The number of rotatable bonds is 2. The monoisotopic (exact) mass is 285 g/mol. The third-order valence-corrected chi connectivity index (χ3v) is 2.60. The van der Waals surface area contributed by atoms with Crippen LogP contribution in [0.25, 0.3) is 5.82 Å². The minimum atomic E-state index is -4.55. The van der Waals surface area contributed by atoms with Gasteiger partial charge in [0.25, 0.3) is 0 Å². The fourth-order valence-electron chi connectivity index (χ4n) is 1.68. The van der Waals surface area contributed by atoms with Gasteiger partial charge >= 0.3 is 6.18 Å². The first-order valence-corrected chi connectivity index (χ1v) is 5.41. The summed E-state index contributed by atoms with van der Waals surface area (Å²) in [6.07, 6.45) is -2.04. The van der Waals surface area contributed by atoms with Gasteiger partial charge in [0, 0.05) is 12.4 Å². The molecular formula is C11H10F3N5O. The number of amidine groups is 1. The molecule has 0 fully saturated rings. The molecule has 0 aliphatic rings. The van der Waals surface area contributed by atoms with E-state index >= 15 is 0 Å². The molecule has 2 aromatic rings. The Morgan fingerprint density at radius 3 is 2.65 bits per heavy atom. The second-order valence-corrected chi connectivity index (χ2v) is 3.96. The largest absolute Gasteiger partial charge is 0.435 e. The van der Waals surface area contributed by atoms with Gasteiger partial charge in [-0.15, -0.1) is 0 Å². The quantitative estimate of drug-likeness (QED) is 0.380. The van der Waals surface area contributed by atoms with Gasteiger partial charge in [-0.05, 0) is 24.6 Å². The number of aromatic nitrogens is 3. The Morgan fingerprint density at radius 2 is 2.10 bits per heavy atom. The standard InChI is InChI=1S/C11H10F3N5O/c1-6-2-4-16-10(8(6)9(15)18-20)19-5-3-7(17-19)11(12,13)14/h2-5,20H,1H3,(H2,15,18). The molecule has 106 valence electrons. The lowest BCUT2D eigenvalue weighted by molar-refractivity contribution is -0.141. The van der Waals surface area contributed by atoms with Gasteiger partial charge in [-0.2, -0.15) is 18.3 Å². The minimum absolute atomic E-state index is 0.0517. The van der Waals surface area contributed by atoms with Crippen molar-refractivity contribution in [3.8, 4) is 5.82 Å². The fourth-order valence-corrected chi connectivity index (χ4v) is 1.68. The Kier molecular flexibility index (Phi) is 3.35. The van der Waals surface area contributed by atoms with E-state index in [4.69, 9.17) is 10.9 Å². The normalized spacial score (nSPS) is 12.7. The summed E-state index contributed by atoms with van der Waals surface area (Å²) >= 11 is 0. The number of hydrogen-bond acceptors (Lipinski definition) is 4. The van der Waals surface area contributed by atoms with Crippen molar-refractivity contribution in [3.05, 3.63) is 41.3 Å². The molecular weight excluding hydrogens is 275 g/mol. The molecule has 9 heteroatoms. The summed E-state index contributed by atoms with van der Waals surface area (Å²) < 4.78 is 38.5. The van der Waals surface area contributed by atoms with E-state index in [1.54, 1.807) is 13.0 Å². The lowest BCUT2D eigenvalue weighted by atomic mass is 10.1. The Hall–Kier alpha value is -2.58. The second kappa shape index (κ2) is 4.83. The van der Waals surface area contributed by atoms with Crippen LogP contribution in [0.3, 0.4) is 0 Å². The molecule has 6 nitrogen and oxygen atoms in total. The third kappa shape index (κ3) is 2.42. The average molecular weight is 285 g/mol. The number of nitrogens with zero attached hydrogens (tertiary/aromatic N) is 4. The molecule has 0 saturated heterocycles. The molecule has 0 bridgehead atoms. The second-order valence-electron chi connectivity index (χ2n) is 3.96. The van der Waals surface area contributed by atoms with E-state index < -0.39 is 11.9 Å². The summed E-state index contributed by atoms with van der Waals surface area (Å²) in [4.78, 5) is 3.94. The number of alkyl halides is 3. The van der Waals surface area contributed by atoms with Crippen LogP contribution in [0.1, 0.15) is 16.8 Å². The highest BCUT2D eigenvalue weighted by Gasteiger charge is 2.34. The molecule has 0 saturated carbocycles. The molecule has 0 aliphatic carbocycles. The Balaban J connectivity index is 2.59. The zero-order chi connectivity index (χ0) is 14.9. The summed E-state index contributed by atoms with van der Waals surface area (Å²) in [5.74, 6) is -0.203. The molecule has 0 atom stereocenters. The summed E-state index contributed by atoms with van der Waals surface area (Å²) in [5.41, 5.74) is 5.28. The van der Waals surface area contributed by atoms with Crippen LogP contribution < -0.4 is 5.73 Å². The van der Waals surface area contributed by atoms with E-state index in [-0.39, 0.29) is 17.2 Å². The van der Waals surface area contributed by atoms with E-state index in [1.165, 1.54) is 6.20 Å². The van der Waals surface area contributed by atoms with Crippen LogP contribution in [0, 0.1) is 6.92 Å². The van der Waals surface area contributed by atoms with Gasteiger partial charge in [0.15, 0.2) is 17.3 Å². The molecule has 2 aromatic heterocycles. The first kappa shape index (κ1) is 13.8. The topological polar surface area (TPSA) is 89.3 Å². The number of hydrogen-bond donors (Lipinski definition) is 2. The maximum absolute atomic E-state index is 12.5. The number of pyridine rings is 1. The van der Waals surface area contributed by atoms with Crippen LogP contribution in [-0.4, -0.2) is 25.8 Å². The average Bonchev–Trinajstić information content (AvgIpc) is 2.87. The van der Waals surface area contributed by atoms with Crippen LogP contribution in [0.5, 0.6) is 0 Å². The summed E-state index contributed by atoms with van der Waals surface area (Å²) in [6, 6.07) is 2.41. The molecule has 2 rings (SSSR count). The van der Waals surface area contributed by atoms with Crippen LogP contribution in [-0.2, 0) is 6.18 Å². The predicted molar refractivity (Wildman–Crippen MR) is 63.6 cm³/mol. The molecule has 2 heterocycles. The summed E-state index contributed by atoms with van der Waals surface area (Å²) in [7, 11) is 0. The first-order chi connectivity index (χ1) is 9.34. The van der Waals surface area contributed by atoms with E-state index in [9.17, 15) is 13.2 Å². The number of nitrogens with two attached hydrogens (primary N) is 1. The van der Waals surface area contributed by atoms with Gasteiger partial charge in [-0.3, -0.25) is 0 Å².